The fraction of sp³-hybridized carbons (Fsp3) is 0.429. The summed E-state index contributed by atoms with van der Waals surface area (Å²) in [5.74, 6) is 0.654. The quantitative estimate of drug-likeness (QED) is 0.538. The van der Waals surface area contributed by atoms with Gasteiger partial charge in [0.25, 0.3) is 0 Å². The van der Waals surface area contributed by atoms with Crippen LogP contribution >= 0.6 is 0 Å². The third-order valence-electron chi connectivity index (χ3n) is 1.79. The van der Waals surface area contributed by atoms with E-state index in [0.29, 0.717) is 5.82 Å². The van der Waals surface area contributed by atoms with Crippen molar-refractivity contribution in [3.63, 3.8) is 0 Å². The molecule has 3 heteroatoms. The fourth-order valence-electron chi connectivity index (χ4n) is 1.05. The number of aromatic nitrogens is 1. The summed E-state index contributed by atoms with van der Waals surface area (Å²) in [5, 5.41) is 8.84. The molecule has 1 rings (SSSR count). The van der Waals surface area contributed by atoms with Crippen LogP contribution in [0.5, 0.6) is 0 Å². The van der Waals surface area contributed by atoms with E-state index in [2.05, 4.69) is 4.98 Å². The van der Waals surface area contributed by atoms with Gasteiger partial charge in [-0.15, -0.1) is 0 Å². The van der Waals surface area contributed by atoms with Crippen molar-refractivity contribution >= 4 is 5.82 Å². The van der Waals surface area contributed by atoms with E-state index in [4.69, 9.17) is 10.8 Å². The Labute approximate surface area is 59.9 Å². The van der Waals surface area contributed by atoms with Crippen LogP contribution < -0.4 is 5.73 Å². The highest BCUT2D eigenvalue weighted by atomic mass is 16.3. The predicted molar refractivity (Wildman–Crippen MR) is 40.6 cm³/mol. The first-order valence-corrected chi connectivity index (χ1v) is 3.21. The number of aryl methyl sites for hydroxylation is 1. The number of H-pyrrole nitrogens is 1. The monoisotopic (exact) mass is 140 g/mol. The second kappa shape index (κ2) is 2.34. The fourth-order valence-corrected chi connectivity index (χ4v) is 1.05. The zero-order valence-electron chi connectivity index (χ0n) is 6.23. The van der Waals surface area contributed by atoms with Crippen LogP contribution in [0, 0.1) is 13.8 Å². The van der Waals surface area contributed by atoms with Crippen LogP contribution in [0.1, 0.15) is 16.8 Å². The van der Waals surface area contributed by atoms with Gasteiger partial charge in [0.05, 0.1) is 6.61 Å². The normalized spacial score (nSPS) is 10.3. The summed E-state index contributed by atoms with van der Waals surface area (Å²) in [6, 6.07) is 0. The number of nitrogens with two attached hydrogens (primary N) is 1. The van der Waals surface area contributed by atoms with Crippen LogP contribution in [0.15, 0.2) is 0 Å². The molecule has 10 heavy (non-hydrogen) atoms. The molecule has 0 aromatic carbocycles. The molecule has 0 unspecified atom stereocenters. The molecular weight excluding hydrogens is 128 g/mol. The number of nitrogen functional groups attached to an aromatic ring is 1. The second-order valence-corrected chi connectivity index (χ2v) is 2.43. The number of aromatic amines is 1. The van der Waals surface area contributed by atoms with Gasteiger partial charge in [-0.1, -0.05) is 0 Å². The van der Waals surface area contributed by atoms with Gasteiger partial charge in [-0.3, -0.25) is 0 Å². The minimum absolute atomic E-state index is 0.0609. The Morgan fingerprint density at radius 2 is 2.10 bits per heavy atom. The lowest BCUT2D eigenvalue weighted by molar-refractivity contribution is 0.280. The SMILES string of the molecule is Cc1[nH]c(N)c(C)c1CO. The molecule has 0 fully saturated rings. The number of aliphatic hydroxyl groups is 1. The molecular formula is C7H12N2O. The van der Waals surface area contributed by atoms with Crippen LogP contribution in [0.25, 0.3) is 0 Å². The number of hydrogen-bond donors (Lipinski definition) is 3. The van der Waals surface area contributed by atoms with Crippen molar-refractivity contribution in [1.82, 2.24) is 4.98 Å². The predicted octanol–water partition coefficient (Wildman–Crippen LogP) is 0.706. The van der Waals surface area contributed by atoms with Gasteiger partial charge in [0.1, 0.15) is 5.82 Å². The van der Waals surface area contributed by atoms with Crippen LogP contribution in [-0.2, 0) is 6.61 Å². The van der Waals surface area contributed by atoms with Crippen LogP contribution in [0.3, 0.4) is 0 Å². The van der Waals surface area contributed by atoms with E-state index in [0.717, 1.165) is 16.8 Å². The lowest BCUT2D eigenvalue weighted by atomic mass is 10.2. The number of anilines is 1. The summed E-state index contributed by atoms with van der Waals surface area (Å²) in [6.07, 6.45) is 0. The molecule has 0 aliphatic carbocycles. The number of hydrogen-bond acceptors (Lipinski definition) is 2. The van der Waals surface area contributed by atoms with Crippen molar-refractivity contribution in [2.24, 2.45) is 0 Å². The average molecular weight is 140 g/mol. The standard InChI is InChI=1S/C7H12N2O/c1-4-6(3-10)5(2)9-7(4)8/h9-10H,3,8H2,1-2H3. The molecule has 56 valence electrons. The van der Waals surface area contributed by atoms with Gasteiger partial charge in [-0.05, 0) is 19.4 Å². The van der Waals surface area contributed by atoms with Gasteiger partial charge in [0, 0.05) is 11.3 Å². The van der Waals surface area contributed by atoms with E-state index >= 15 is 0 Å². The Bertz CT molecular complexity index is 240. The molecule has 1 aromatic rings. The molecule has 0 aliphatic rings. The first-order valence-electron chi connectivity index (χ1n) is 3.21. The van der Waals surface area contributed by atoms with Crippen LogP contribution in [-0.4, -0.2) is 10.1 Å². The molecule has 0 bridgehead atoms. The molecule has 4 N–H and O–H groups in total. The Balaban J connectivity index is 3.20. The lowest BCUT2D eigenvalue weighted by Crippen LogP contribution is -1.88. The largest absolute Gasteiger partial charge is 0.392 e. The first kappa shape index (κ1) is 7.15. The van der Waals surface area contributed by atoms with Crippen molar-refractivity contribution in [3.05, 3.63) is 16.8 Å². The lowest BCUT2D eigenvalue weighted by Gasteiger charge is -1.93. The van der Waals surface area contributed by atoms with E-state index in [1.54, 1.807) is 0 Å². The van der Waals surface area contributed by atoms with Gasteiger partial charge in [-0.2, -0.15) is 0 Å². The molecule has 1 heterocycles. The molecule has 0 amide bonds. The molecule has 0 saturated heterocycles. The Morgan fingerprint density at radius 3 is 2.30 bits per heavy atom. The van der Waals surface area contributed by atoms with Gasteiger partial charge in [-0.25, -0.2) is 0 Å². The topological polar surface area (TPSA) is 62.0 Å². The van der Waals surface area contributed by atoms with Gasteiger partial charge < -0.3 is 15.8 Å². The maximum absolute atomic E-state index is 8.84. The summed E-state index contributed by atoms with van der Waals surface area (Å²) in [4.78, 5) is 2.94. The van der Waals surface area contributed by atoms with E-state index < -0.39 is 0 Å². The van der Waals surface area contributed by atoms with Crippen LogP contribution in [0.4, 0.5) is 5.82 Å². The third kappa shape index (κ3) is 0.885. The highest BCUT2D eigenvalue weighted by molar-refractivity contribution is 5.47. The van der Waals surface area contributed by atoms with Gasteiger partial charge in [0.15, 0.2) is 0 Å². The minimum Gasteiger partial charge on any atom is -0.392 e. The van der Waals surface area contributed by atoms with Crippen molar-refractivity contribution in [3.8, 4) is 0 Å². The Kier molecular flexibility index (Phi) is 1.68. The highest BCUT2D eigenvalue weighted by Crippen LogP contribution is 2.18. The van der Waals surface area contributed by atoms with Crippen molar-refractivity contribution in [2.45, 2.75) is 20.5 Å². The molecule has 1 aromatic heterocycles. The smallest absolute Gasteiger partial charge is 0.104 e. The number of aliphatic hydroxyl groups excluding tert-OH is 1. The summed E-state index contributed by atoms with van der Waals surface area (Å²) in [5.41, 5.74) is 8.38. The number of rotatable bonds is 1. The maximum atomic E-state index is 8.84. The summed E-state index contributed by atoms with van der Waals surface area (Å²) >= 11 is 0. The molecule has 0 atom stereocenters. The maximum Gasteiger partial charge on any atom is 0.104 e. The van der Waals surface area contributed by atoms with E-state index in [1.165, 1.54) is 0 Å². The summed E-state index contributed by atoms with van der Waals surface area (Å²) < 4.78 is 0. The van der Waals surface area contributed by atoms with Crippen molar-refractivity contribution in [1.29, 1.82) is 0 Å². The molecule has 0 saturated carbocycles. The Hall–Kier alpha value is -0.960. The summed E-state index contributed by atoms with van der Waals surface area (Å²) in [6.45, 7) is 3.85. The summed E-state index contributed by atoms with van der Waals surface area (Å²) in [7, 11) is 0. The number of nitrogens with one attached hydrogen (secondary N) is 1. The van der Waals surface area contributed by atoms with Crippen LogP contribution in [0.2, 0.25) is 0 Å². The zero-order chi connectivity index (χ0) is 7.72. The van der Waals surface area contributed by atoms with E-state index in [9.17, 15) is 0 Å². The highest BCUT2D eigenvalue weighted by Gasteiger charge is 2.06. The van der Waals surface area contributed by atoms with Crippen molar-refractivity contribution < 1.29 is 5.11 Å². The minimum atomic E-state index is 0.0609. The van der Waals surface area contributed by atoms with E-state index in [1.807, 2.05) is 13.8 Å². The molecule has 0 aliphatic heterocycles. The molecule has 0 radical (unpaired) electrons. The molecule has 0 spiro atoms. The molecule has 3 nitrogen and oxygen atoms in total. The first-order chi connectivity index (χ1) is 4.66. The average Bonchev–Trinajstić information content (AvgIpc) is 2.09. The van der Waals surface area contributed by atoms with Gasteiger partial charge >= 0.3 is 0 Å². The third-order valence-corrected chi connectivity index (χ3v) is 1.79. The van der Waals surface area contributed by atoms with E-state index in [-0.39, 0.29) is 6.61 Å². The van der Waals surface area contributed by atoms with Gasteiger partial charge in [0.2, 0.25) is 0 Å². The van der Waals surface area contributed by atoms with Crippen molar-refractivity contribution in [2.75, 3.05) is 5.73 Å². The Morgan fingerprint density at radius 1 is 1.50 bits per heavy atom. The zero-order valence-corrected chi connectivity index (χ0v) is 6.23. The second-order valence-electron chi connectivity index (χ2n) is 2.43.